The zero-order chi connectivity index (χ0) is 10.0. The van der Waals surface area contributed by atoms with Crippen molar-refractivity contribution in [3.63, 3.8) is 0 Å². The predicted molar refractivity (Wildman–Crippen MR) is 56.0 cm³/mol. The molecule has 3 heteroatoms. The van der Waals surface area contributed by atoms with Gasteiger partial charge in [-0.1, -0.05) is 6.92 Å². The molecule has 0 aromatic carbocycles. The molecule has 1 saturated heterocycles. The van der Waals surface area contributed by atoms with Crippen molar-refractivity contribution in [3.05, 3.63) is 0 Å². The molecule has 1 amide bonds. The Balaban J connectivity index is 1.84. The smallest absolute Gasteiger partial charge is 0.219 e. The Bertz CT molecular complexity index is 223. The molecule has 14 heavy (non-hydrogen) atoms. The summed E-state index contributed by atoms with van der Waals surface area (Å²) in [4.78, 5) is 11.3. The normalized spacial score (nSPS) is 29.6. The van der Waals surface area contributed by atoms with E-state index in [4.69, 9.17) is 0 Å². The number of rotatable bonds is 2. The number of nitrogens with one attached hydrogen (secondary N) is 2. The second-order valence-corrected chi connectivity index (χ2v) is 4.67. The van der Waals surface area contributed by atoms with Crippen molar-refractivity contribution in [1.82, 2.24) is 10.6 Å². The summed E-state index contributed by atoms with van der Waals surface area (Å²) in [5.41, 5.74) is 0.393. The zero-order valence-corrected chi connectivity index (χ0v) is 8.94. The van der Waals surface area contributed by atoms with Crippen molar-refractivity contribution in [3.8, 4) is 0 Å². The van der Waals surface area contributed by atoms with Crippen LogP contribution in [0.3, 0.4) is 0 Å². The van der Waals surface area contributed by atoms with Gasteiger partial charge in [0.1, 0.15) is 0 Å². The van der Waals surface area contributed by atoms with Crippen LogP contribution in [0.4, 0.5) is 0 Å². The van der Waals surface area contributed by atoms with Crippen LogP contribution in [0.1, 0.15) is 45.4 Å². The van der Waals surface area contributed by atoms with Gasteiger partial charge in [0, 0.05) is 18.0 Å². The van der Waals surface area contributed by atoms with Gasteiger partial charge in [-0.3, -0.25) is 4.79 Å². The van der Waals surface area contributed by atoms with Crippen LogP contribution in [-0.4, -0.2) is 24.0 Å². The van der Waals surface area contributed by atoms with Gasteiger partial charge in [0.15, 0.2) is 0 Å². The van der Waals surface area contributed by atoms with Crippen LogP contribution in [0, 0.1) is 0 Å². The molecule has 0 radical (unpaired) electrons. The maximum atomic E-state index is 11.3. The summed E-state index contributed by atoms with van der Waals surface area (Å²) in [6.45, 7) is 2.98. The molecule has 3 nitrogen and oxygen atoms in total. The van der Waals surface area contributed by atoms with Crippen LogP contribution in [0.25, 0.3) is 0 Å². The fourth-order valence-corrected chi connectivity index (χ4v) is 2.59. The molecule has 2 fully saturated rings. The molecule has 80 valence electrons. The van der Waals surface area contributed by atoms with Gasteiger partial charge in [-0.25, -0.2) is 0 Å². The van der Waals surface area contributed by atoms with Crippen LogP contribution in [0.5, 0.6) is 0 Å². The summed E-state index contributed by atoms with van der Waals surface area (Å²) < 4.78 is 0. The lowest BCUT2D eigenvalue weighted by Gasteiger charge is -2.48. The molecule has 0 aromatic rings. The SMILES string of the molecule is CCC(=O)NC1CCNC2(CCC2)C1. The van der Waals surface area contributed by atoms with Crippen molar-refractivity contribution >= 4 is 5.91 Å². The molecule has 2 rings (SSSR count). The van der Waals surface area contributed by atoms with Crippen LogP contribution in [0.2, 0.25) is 0 Å². The van der Waals surface area contributed by atoms with Crippen molar-refractivity contribution in [2.45, 2.75) is 57.0 Å². The first-order chi connectivity index (χ1) is 6.74. The molecular weight excluding hydrogens is 176 g/mol. The van der Waals surface area contributed by atoms with Crippen molar-refractivity contribution in [2.24, 2.45) is 0 Å². The minimum Gasteiger partial charge on any atom is -0.353 e. The number of carbonyl (C=O) groups is 1. The monoisotopic (exact) mass is 196 g/mol. The fourth-order valence-electron chi connectivity index (χ4n) is 2.59. The van der Waals surface area contributed by atoms with Crippen LogP contribution in [-0.2, 0) is 4.79 Å². The Kier molecular flexibility index (Phi) is 2.77. The maximum absolute atomic E-state index is 11.3. The van der Waals surface area contributed by atoms with E-state index in [1.807, 2.05) is 6.92 Å². The average Bonchev–Trinajstić information content (AvgIpc) is 2.16. The van der Waals surface area contributed by atoms with Crippen LogP contribution < -0.4 is 10.6 Å². The molecule has 1 heterocycles. The summed E-state index contributed by atoms with van der Waals surface area (Å²) in [5.74, 6) is 0.200. The van der Waals surface area contributed by atoms with Gasteiger partial charge in [-0.2, -0.15) is 0 Å². The quantitative estimate of drug-likeness (QED) is 0.696. The van der Waals surface area contributed by atoms with Gasteiger partial charge >= 0.3 is 0 Å². The number of piperidine rings is 1. The molecule has 0 aromatic heterocycles. The maximum Gasteiger partial charge on any atom is 0.219 e. The highest BCUT2D eigenvalue weighted by molar-refractivity contribution is 5.75. The number of carbonyl (C=O) groups excluding carboxylic acids is 1. The second kappa shape index (κ2) is 3.89. The highest BCUT2D eigenvalue weighted by atomic mass is 16.1. The molecule has 1 atom stereocenters. The van der Waals surface area contributed by atoms with E-state index in [2.05, 4.69) is 10.6 Å². The van der Waals surface area contributed by atoms with E-state index in [0.717, 1.165) is 19.4 Å². The molecule has 1 saturated carbocycles. The summed E-state index contributed by atoms with van der Waals surface area (Å²) in [6.07, 6.45) is 6.78. The first kappa shape index (κ1) is 9.97. The first-order valence-corrected chi connectivity index (χ1v) is 5.78. The van der Waals surface area contributed by atoms with Gasteiger partial charge in [0.2, 0.25) is 5.91 Å². The minimum atomic E-state index is 0.200. The second-order valence-electron chi connectivity index (χ2n) is 4.67. The fraction of sp³-hybridized carbons (Fsp3) is 0.909. The van der Waals surface area contributed by atoms with E-state index in [-0.39, 0.29) is 5.91 Å². The van der Waals surface area contributed by atoms with E-state index in [1.54, 1.807) is 0 Å². The Morgan fingerprint density at radius 3 is 2.93 bits per heavy atom. The van der Waals surface area contributed by atoms with Gasteiger partial charge in [0.25, 0.3) is 0 Å². The summed E-state index contributed by atoms with van der Waals surface area (Å²) in [7, 11) is 0. The molecule has 1 aliphatic carbocycles. The molecule has 1 spiro atoms. The van der Waals surface area contributed by atoms with Crippen LogP contribution >= 0.6 is 0 Å². The third kappa shape index (κ3) is 1.92. The largest absolute Gasteiger partial charge is 0.353 e. The van der Waals surface area contributed by atoms with E-state index >= 15 is 0 Å². The Morgan fingerprint density at radius 2 is 2.36 bits per heavy atom. The molecule has 2 N–H and O–H groups in total. The number of hydrogen-bond donors (Lipinski definition) is 2. The van der Waals surface area contributed by atoms with E-state index in [0.29, 0.717) is 18.0 Å². The standard InChI is InChI=1S/C11H20N2O/c1-2-10(14)13-9-4-7-12-11(8-9)5-3-6-11/h9,12H,2-8H2,1H3,(H,13,14). The highest BCUT2D eigenvalue weighted by Gasteiger charge is 2.40. The molecule has 2 aliphatic rings. The van der Waals surface area contributed by atoms with Crippen molar-refractivity contribution in [2.75, 3.05) is 6.54 Å². The number of hydrogen-bond acceptors (Lipinski definition) is 2. The predicted octanol–water partition coefficient (Wildman–Crippen LogP) is 1.19. The molecule has 0 bridgehead atoms. The third-order valence-corrected chi connectivity index (χ3v) is 3.63. The Hall–Kier alpha value is -0.570. The summed E-state index contributed by atoms with van der Waals surface area (Å²) in [6, 6.07) is 0.420. The number of amides is 1. The topological polar surface area (TPSA) is 41.1 Å². The summed E-state index contributed by atoms with van der Waals surface area (Å²) in [5, 5.41) is 6.71. The van der Waals surface area contributed by atoms with E-state index in [9.17, 15) is 4.79 Å². The van der Waals surface area contributed by atoms with Crippen LogP contribution in [0.15, 0.2) is 0 Å². The Morgan fingerprint density at radius 1 is 1.57 bits per heavy atom. The first-order valence-electron chi connectivity index (χ1n) is 5.78. The lowest BCUT2D eigenvalue weighted by atomic mass is 9.70. The zero-order valence-electron chi connectivity index (χ0n) is 8.94. The third-order valence-electron chi connectivity index (χ3n) is 3.63. The molecular formula is C11H20N2O. The lowest BCUT2D eigenvalue weighted by molar-refractivity contribution is -0.121. The van der Waals surface area contributed by atoms with Gasteiger partial charge in [-0.05, 0) is 38.6 Å². The van der Waals surface area contributed by atoms with Gasteiger partial charge in [-0.15, -0.1) is 0 Å². The van der Waals surface area contributed by atoms with Crippen molar-refractivity contribution in [1.29, 1.82) is 0 Å². The molecule has 1 unspecified atom stereocenters. The lowest BCUT2D eigenvalue weighted by Crippen LogP contribution is -2.59. The van der Waals surface area contributed by atoms with E-state index in [1.165, 1.54) is 19.3 Å². The molecule has 1 aliphatic heterocycles. The highest BCUT2D eigenvalue weighted by Crippen LogP contribution is 2.38. The summed E-state index contributed by atoms with van der Waals surface area (Å²) >= 11 is 0. The van der Waals surface area contributed by atoms with Gasteiger partial charge in [0.05, 0.1) is 0 Å². The van der Waals surface area contributed by atoms with Gasteiger partial charge < -0.3 is 10.6 Å². The van der Waals surface area contributed by atoms with Crippen molar-refractivity contribution < 1.29 is 4.79 Å². The average molecular weight is 196 g/mol. The minimum absolute atomic E-state index is 0.200. The van der Waals surface area contributed by atoms with E-state index < -0.39 is 0 Å². The Labute approximate surface area is 85.6 Å².